The van der Waals surface area contributed by atoms with Crippen LogP contribution >= 0.6 is 11.6 Å². The molecule has 37 heavy (non-hydrogen) atoms. The predicted molar refractivity (Wildman–Crippen MR) is 145 cm³/mol. The number of nitrogens with zero attached hydrogens (tertiary/aromatic N) is 4. The first-order valence-electron chi connectivity index (χ1n) is 11.8. The van der Waals surface area contributed by atoms with Crippen molar-refractivity contribution in [2.75, 3.05) is 14.2 Å². The highest BCUT2D eigenvalue weighted by molar-refractivity contribution is 6.30. The Morgan fingerprint density at radius 1 is 0.838 bits per heavy atom. The molecule has 0 saturated carbocycles. The van der Waals surface area contributed by atoms with E-state index in [1.165, 1.54) is 6.33 Å². The van der Waals surface area contributed by atoms with E-state index in [9.17, 15) is 0 Å². The van der Waals surface area contributed by atoms with E-state index in [0.29, 0.717) is 39.1 Å². The van der Waals surface area contributed by atoms with Crippen LogP contribution in [-0.2, 0) is 5.41 Å². The molecule has 0 atom stereocenters. The minimum atomic E-state index is -0.124. The Balaban J connectivity index is 1.57. The molecule has 0 spiro atoms. The normalized spacial score (nSPS) is 11.5. The molecule has 7 nitrogen and oxygen atoms in total. The van der Waals surface area contributed by atoms with Gasteiger partial charge in [-0.2, -0.15) is 5.10 Å². The second-order valence-corrected chi connectivity index (χ2v) is 10.0. The number of hydrogen-bond donors (Lipinski definition) is 0. The molecular weight excluding hydrogens is 488 g/mol. The van der Waals surface area contributed by atoms with Crippen molar-refractivity contribution in [2.45, 2.75) is 26.2 Å². The lowest BCUT2D eigenvalue weighted by atomic mass is 9.92. The van der Waals surface area contributed by atoms with Crippen LogP contribution in [0.4, 0.5) is 0 Å². The largest absolute Gasteiger partial charge is 0.493 e. The van der Waals surface area contributed by atoms with Gasteiger partial charge in [0.2, 0.25) is 5.88 Å². The molecule has 188 valence electrons. The minimum Gasteiger partial charge on any atom is -0.493 e. The average molecular weight is 515 g/mol. The fourth-order valence-electron chi connectivity index (χ4n) is 4.00. The fraction of sp³-hybridized carbons (Fsp3) is 0.207. The van der Waals surface area contributed by atoms with Crippen LogP contribution in [0.2, 0.25) is 5.02 Å². The van der Waals surface area contributed by atoms with Gasteiger partial charge in [-0.1, -0.05) is 44.5 Å². The molecule has 0 aliphatic carbocycles. The van der Waals surface area contributed by atoms with Gasteiger partial charge in [-0.25, -0.2) is 14.6 Å². The summed E-state index contributed by atoms with van der Waals surface area (Å²) in [6.45, 7) is 6.44. The highest BCUT2D eigenvalue weighted by atomic mass is 35.5. The Morgan fingerprint density at radius 3 is 2.27 bits per heavy atom. The summed E-state index contributed by atoms with van der Waals surface area (Å²) < 4.78 is 19.1. The van der Waals surface area contributed by atoms with Crippen LogP contribution in [0, 0.1) is 0 Å². The van der Waals surface area contributed by atoms with Gasteiger partial charge in [0.15, 0.2) is 11.5 Å². The van der Waals surface area contributed by atoms with Gasteiger partial charge >= 0.3 is 0 Å². The predicted octanol–water partition coefficient (Wildman–Crippen LogP) is 7.24. The van der Waals surface area contributed by atoms with E-state index in [0.717, 1.165) is 22.6 Å². The third kappa shape index (κ3) is 4.95. The van der Waals surface area contributed by atoms with Gasteiger partial charge in [-0.05, 0) is 48.5 Å². The zero-order chi connectivity index (χ0) is 26.2. The maximum atomic E-state index is 6.27. The number of ether oxygens (including phenoxy) is 3. The quantitative estimate of drug-likeness (QED) is 0.238. The van der Waals surface area contributed by atoms with Crippen molar-refractivity contribution in [2.24, 2.45) is 0 Å². The first-order valence-corrected chi connectivity index (χ1v) is 12.2. The molecule has 0 saturated heterocycles. The van der Waals surface area contributed by atoms with Crippen LogP contribution < -0.4 is 14.2 Å². The van der Waals surface area contributed by atoms with Crippen molar-refractivity contribution in [3.8, 4) is 40.1 Å². The van der Waals surface area contributed by atoms with Crippen LogP contribution in [0.1, 0.15) is 26.5 Å². The van der Waals surface area contributed by atoms with Crippen LogP contribution in [0.3, 0.4) is 0 Å². The molecule has 0 unspecified atom stereocenters. The van der Waals surface area contributed by atoms with E-state index >= 15 is 0 Å². The topological polar surface area (TPSA) is 71.3 Å². The average Bonchev–Trinajstić information content (AvgIpc) is 3.35. The molecule has 8 heteroatoms. The van der Waals surface area contributed by atoms with Crippen molar-refractivity contribution in [1.29, 1.82) is 0 Å². The highest BCUT2D eigenvalue weighted by Crippen LogP contribution is 2.37. The molecular formula is C29H27ClN4O3. The Bertz CT molecular complexity index is 1570. The summed E-state index contributed by atoms with van der Waals surface area (Å²) in [5.41, 5.74) is 4.36. The van der Waals surface area contributed by atoms with Crippen LogP contribution in [0.5, 0.6) is 23.1 Å². The molecule has 5 rings (SSSR count). The summed E-state index contributed by atoms with van der Waals surface area (Å²) in [7, 11) is 3.18. The summed E-state index contributed by atoms with van der Waals surface area (Å²) in [5.74, 6) is 2.22. The third-order valence-corrected chi connectivity index (χ3v) is 6.25. The molecule has 3 aromatic carbocycles. The van der Waals surface area contributed by atoms with E-state index in [1.807, 2.05) is 59.3 Å². The van der Waals surface area contributed by atoms with Crippen molar-refractivity contribution in [3.63, 3.8) is 0 Å². The lowest BCUT2D eigenvalue weighted by Gasteiger charge is -2.14. The minimum absolute atomic E-state index is 0.124. The number of aromatic nitrogens is 4. The summed E-state index contributed by atoms with van der Waals surface area (Å²) in [6.07, 6.45) is 1.47. The van der Waals surface area contributed by atoms with Gasteiger partial charge in [-0.3, -0.25) is 0 Å². The molecule has 0 bridgehead atoms. The molecule has 0 fully saturated rings. The van der Waals surface area contributed by atoms with Gasteiger partial charge in [-0.15, -0.1) is 0 Å². The summed E-state index contributed by atoms with van der Waals surface area (Å²) in [5, 5.41) is 6.32. The standard InChI is InChI=1S/C29H27ClN4O3/c1-29(2,3)27-16-24(34(33-27)20-11-9-19(30)10-12-20)18-7-6-8-21(13-18)37-28-22-14-25(35-4)26(36-5)15-23(22)31-17-32-28/h6-17H,1-5H3. The molecule has 5 aromatic rings. The maximum Gasteiger partial charge on any atom is 0.230 e. The Labute approximate surface area is 220 Å². The fourth-order valence-corrected chi connectivity index (χ4v) is 4.13. The van der Waals surface area contributed by atoms with Crippen LogP contribution in [0.15, 0.2) is 73.1 Å². The zero-order valence-corrected chi connectivity index (χ0v) is 22.1. The van der Waals surface area contributed by atoms with Gasteiger partial charge in [0.1, 0.15) is 12.1 Å². The second-order valence-electron chi connectivity index (χ2n) is 9.59. The van der Waals surface area contributed by atoms with E-state index in [2.05, 4.69) is 36.8 Å². The molecule has 0 amide bonds. The van der Waals surface area contributed by atoms with Gasteiger partial charge in [0, 0.05) is 22.1 Å². The molecule has 0 aliphatic heterocycles. The monoisotopic (exact) mass is 514 g/mol. The van der Waals surface area contributed by atoms with Gasteiger partial charge in [0.05, 0.1) is 42.2 Å². The third-order valence-electron chi connectivity index (χ3n) is 6.00. The second kappa shape index (κ2) is 9.75. The molecule has 2 heterocycles. The first-order chi connectivity index (χ1) is 17.8. The number of methoxy groups -OCH3 is 2. The SMILES string of the molecule is COc1cc2ncnc(Oc3cccc(-c4cc(C(C)(C)C)nn4-c4ccc(Cl)cc4)c3)c2cc1OC. The summed E-state index contributed by atoms with van der Waals surface area (Å²) >= 11 is 6.14. The van der Waals surface area contributed by atoms with E-state index in [4.69, 9.17) is 30.9 Å². The number of hydrogen-bond acceptors (Lipinski definition) is 6. The first kappa shape index (κ1) is 24.6. The number of halogens is 1. The van der Waals surface area contributed by atoms with Crippen molar-refractivity contribution in [1.82, 2.24) is 19.7 Å². The van der Waals surface area contributed by atoms with E-state index < -0.39 is 0 Å². The highest BCUT2D eigenvalue weighted by Gasteiger charge is 2.22. The Kier molecular flexibility index (Phi) is 6.48. The van der Waals surface area contributed by atoms with Crippen molar-refractivity contribution in [3.05, 3.63) is 83.8 Å². The molecule has 2 aromatic heterocycles. The molecule has 0 aliphatic rings. The molecule has 0 N–H and O–H groups in total. The lowest BCUT2D eigenvalue weighted by Crippen LogP contribution is -2.12. The zero-order valence-electron chi connectivity index (χ0n) is 21.3. The summed E-state index contributed by atoms with van der Waals surface area (Å²) in [4.78, 5) is 8.75. The van der Waals surface area contributed by atoms with Gasteiger partial charge < -0.3 is 14.2 Å². The Hall–Kier alpha value is -4.10. The number of rotatable bonds is 6. The molecule has 0 radical (unpaired) electrons. The van der Waals surface area contributed by atoms with Crippen LogP contribution in [0.25, 0.3) is 27.8 Å². The maximum absolute atomic E-state index is 6.27. The Morgan fingerprint density at radius 2 is 1.57 bits per heavy atom. The van der Waals surface area contributed by atoms with Crippen molar-refractivity contribution < 1.29 is 14.2 Å². The number of benzene rings is 3. The van der Waals surface area contributed by atoms with E-state index in [-0.39, 0.29) is 5.41 Å². The number of fused-ring (bicyclic) bond motifs is 1. The smallest absolute Gasteiger partial charge is 0.230 e. The van der Waals surface area contributed by atoms with Crippen molar-refractivity contribution >= 4 is 22.5 Å². The van der Waals surface area contributed by atoms with Gasteiger partial charge in [0.25, 0.3) is 0 Å². The summed E-state index contributed by atoms with van der Waals surface area (Å²) in [6, 6.07) is 21.2. The lowest BCUT2D eigenvalue weighted by molar-refractivity contribution is 0.355. The van der Waals surface area contributed by atoms with E-state index in [1.54, 1.807) is 20.3 Å². The van der Waals surface area contributed by atoms with Crippen LogP contribution in [-0.4, -0.2) is 34.0 Å².